The molecule has 0 aliphatic rings. The van der Waals surface area contributed by atoms with Crippen LogP contribution in [0.5, 0.6) is 0 Å². The van der Waals surface area contributed by atoms with Gasteiger partial charge < -0.3 is 10.4 Å². The Morgan fingerprint density at radius 2 is 1.95 bits per heavy atom. The zero-order valence-corrected chi connectivity index (χ0v) is 12.3. The molecule has 2 N–H and O–H groups in total. The van der Waals surface area contributed by atoms with Crippen molar-refractivity contribution in [3.05, 3.63) is 63.9 Å². The summed E-state index contributed by atoms with van der Waals surface area (Å²) in [7, 11) is 0. The van der Waals surface area contributed by atoms with Crippen LogP contribution in [0.15, 0.2) is 46.9 Å². The summed E-state index contributed by atoms with van der Waals surface area (Å²) in [4.78, 5) is 12.1. The van der Waals surface area contributed by atoms with Crippen molar-refractivity contribution < 1.29 is 14.3 Å². The monoisotopic (exact) mass is 337 g/mol. The second kappa shape index (κ2) is 6.15. The van der Waals surface area contributed by atoms with Crippen molar-refractivity contribution in [2.45, 2.75) is 13.0 Å². The minimum atomic E-state index is -0.723. The Hall–Kier alpha value is -1.72. The van der Waals surface area contributed by atoms with Gasteiger partial charge in [0.15, 0.2) is 0 Å². The van der Waals surface area contributed by atoms with Crippen molar-refractivity contribution in [3.63, 3.8) is 0 Å². The van der Waals surface area contributed by atoms with Crippen LogP contribution in [0.2, 0.25) is 0 Å². The van der Waals surface area contributed by atoms with Crippen molar-refractivity contribution in [1.82, 2.24) is 0 Å². The molecule has 0 aliphatic carbocycles. The summed E-state index contributed by atoms with van der Waals surface area (Å²) < 4.78 is 14.1. The molecule has 2 aromatic rings. The molecule has 0 radical (unpaired) electrons. The van der Waals surface area contributed by atoms with E-state index in [-0.39, 0.29) is 10.0 Å². The van der Waals surface area contributed by atoms with Crippen LogP contribution < -0.4 is 5.32 Å². The van der Waals surface area contributed by atoms with E-state index in [4.69, 9.17) is 0 Å². The normalized spacial score (nSPS) is 12.0. The summed E-state index contributed by atoms with van der Waals surface area (Å²) in [6, 6.07) is 11.4. The van der Waals surface area contributed by atoms with Crippen molar-refractivity contribution in [1.29, 1.82) is 0 Å². The number of aliphatic hydroxyl groups excluding tert-OH is 1. The molecule has 5 heteroatoms. The molecule has 20 heavy (non-hydrogen) atoms. The number of halogens is 2. The van der Waals surface area contributed by atoms with Crippen molar-refractivity contribution in [3.8, 4) is 0 Å². The van der Waals surface area contributed by atoms with E-state index in [0.29, 0.717) is 11.3 Å². The standard InChI is InChI=1S/C15H13BrFNO2/c1-9(19)10-5-2-3-8-13(10)18-15(20)11-6-4-7-12(16)14(11)17/h2-9,19H,1H3,(H,18,20). The van der Waals surface area contributed by atoms with Crippen molar-refractivity contribution >= 4 is 27.5 Å². The molecule has 2 rings (SSSR count). The van der Waals surface area contributed by atoms with Gasteiger partial charge in [-0.25, -0.2) is 4.39 Å². The summed E-state index contributed by atoms with van der Waals surface area (Å²) in [6.45, 7) is 1.60. The Balaban J connectivity index is 2.31. The third-order valence-electron chi connectivity index (χ3n) is 2.86. The summed E-state index contributed by atoms with van der Waals surface area (Å²) in [6.07, 6.45) is -0.723. The number of nitrogens with one attached hydrogen (secondary N) is 1. The number of benzene rings is 2. The highest BCUT2D eigenvalue weighted by atomic mass is 79.9. The second-order valence-electron chi connectivity index (χ2n) is 4.32. The lowest BCUT2D eigenvalue weighted by Gasteiger charge is -2.13. The third kappa shape index (κ3) is 3.05. The molecule has 0 saturated carbocycles. The summed E-state index contributed by atoms with van der Waals surface area (Å²) in [5, 5.41) is 12.3. The molecule has 0 heterocycles. The molecule has 104 valence electrons. The van der Waals surface area contributed by atoms with Gasteiger partial charge in [0.25, 0.3) is 5.91 Å². The molecule has 1 amide bonds. The smallest absolute Gasteiger partial charge is 0.258 e. The predicted molar refractivity (Wildman–Crippen MR) is 79.1 cm³/mol. The molecule has 0 spiro atoms. The minimum absolute atomic E-state index is 0.0558. The number of aliphatic hydroxyl groups is 1. The van der Waals surface area contributed by atoms with Gasteiger partial charge in [0.2, 0.25) is 0 Å². The maximum atomic E-state index is 13.9. The van der Waals surface area contributed by atoms with Gasteiger partial charge in [0.1, 0.15) is 5.82 Å². The van der Waals surface area contributed by atoms with E-state index in [1.165, 1.54) is 12.1 Å². The van der Waals surface area contributed by atoms with Gasteiger partial charge in [0.05, 0.1) is 16.1 Å². The van der Waals surface area contributed by atoms with Crippen LogP contribution >= 0.6 is 15.9 Å². The van der Waals surface area contributed by atoms with Gasteiger partial charge in [-0.1, -0.05) is 24.3 Å². The number of rotatable bonds is 3. The SMILES string of the molecule is CC(O)c1ccccc1NC(=O)c1cccc(Br)c1F. The molecule has 0 saturated heterocycles. The maximum Gasteiger partial charge on any atom is 0.258 e. The molecule has 0 bridgehead atoms. The third-order valence-corrected chi connectivity index (χ3v) is 3.47. The number of carbonyl (C=O) groups excluding carboxylic acids is 1. The Labute approximate surface area is 124 Å². The maximum absolute atomic E-state index is 13.9. The van der Waals surface area contributed by atoms with Crippen LogP contribution in [0.3, 0.4) is 0 Å². The van der Waals surface area contributed by atoms with Crippen molar-refractivity contribution in [2.24, 2.45) is 0 Å². The quantitative estimate of drug-likeness (QED) is 0.892. The molecular weight excluding hydrogens is 325 g/mol. The Morgan fingerprint density at radius 1 is 1.25 bits per heavy atom. The van der Waals surface area contributed by atoms with Gasteiger partial charge in [0, 0.05) is 11.3 Å². The summed E-state index contributed by atoms with van der Waals surface area (Å²) in [5.74, 6) is -1.17. The van der Waals surface area contributed by atoms with Crippen LogP contribution in [0.1, 0.15) is 28.9 Å². The van der Waals surface area contributed by atoms with Crippen LogP contribution in [-0.2, 0) is 0 Å². The number of amides is 1. The average Bonchev–Trinajstić information content (AvgIpc) is 2.42. The van der Waals surface area contributed by atoms with Crippen LogP contribution in [0, 0.1) is 5.82 Å². The Kier molecular flexibility index (Phi) is 4.52. The first kappa shape index (κ1) is 14.7. The van der Waals surface area contributed by atoms with Gasteiger partial charge in [-0.15, -0.1) is 0 Å². The minimum Gasteiger partial charge on any atom is -0.389 e. The fourth-order valence-corrected chi connectivity index (χ4v) is 2.21. The number of hydrogen-bond donors (Lipinski definition) is 2. The highest BCUT2D eigenvalue weighted by molar-refractivity contribution is 9.10. The highest BCUT2D eigenvalue weighted by Gasteiger charge is 2.16. The highest BCUT2D eigenvalue weighted by Crippen LogP contribution is 2.24. The zero-order chi connectivity index (χ0) is 14.7. The molecule has 3 nitrogen and oxygen atoms in total. The molecule has 1 unspecified atom stereocenters. The molecule has 0 aliphatic heterocycles. The van der Waals surface area contributed by atoms with E-state index in [9.17, 15) is 14.3 Å². The van der Waals surface area contributed by atoms with Crippen LogP contribution in [-0.4, -0.2) is 11.0 Å². The fourth-order valence-electron chi connectivity index (χ4n) is 1.84. The van der Waals surface area contributed by atoms with Gasteiger partial charge in [-0.05, 0) is 41.1 Å². The second-order valence-corrected chi connectivity index (χ2v) is 5.17. The number of hydrogen-bond acceptors (Lipinski definition) is 2. The summed E-state index contributed by atoms with van der Waals surface area (Å²) in [5.41, 5.74) is 0.989. The van der Waals surface area contributed by atoms with E-state index in [2.05, 4.69) is 21.2 Å². The topological polar surface area (TPSA) is 49.3 Å². The number of carbonyl (C=O) groups is 1. The molecule has 0 aromatic heterocycles. The van der Waals surface area contributed by atoms with E-state index in [1.54, 1.807) is 37.3 Å². The van der Waals surface area contributed by atoms with Gasteiger partial charge in [-0.3, -0.25) is 4.79 Å². The fraction of sp³-hybridized carbons (Fsp3) is 0.133. The zero-order valence-electron chi connectivity index (χ0n) is 10.7. The number of anilines is 1. The Bertz CT molecular complexity index is 644. The van der Waals surface area contributed by atoms with Crippen molar-refractivity contribution in [2.75, 3.05) is 5.32 Å². The number of para-hydroxylation sites is 1. The molecule has 2 aromatic carbocycles. The largest absolute Gasteiger partial charge is 0.389 e. The lowest BCUT2D eigenvalue weighted by Crippen LogP contribution is -2.15. The lowest BCUT2D eigenvalue weighted by molar-refractivity contribution is 0.102. The van der Waals surface area contributed by atoms with Crippen LogP contribution in [0.25, 0.3) is 0 Å². The van der Waals surface area contributed by atoms with Gasteiger partial charge >= 0.3 is 0 Å². The first-order valence-corrected chi connectivity index (χ1v) is 6.82. The first-order chi connectivity index (χ1) is 9.50. The van der Waals surface area contributed by atoms with E-state index in [1.807, 2.05) is 0 Å². The molecular formula is C15H13BrFNO2. The van der Waals surface area contributed by atoms with Gasteiger partial charge in [-0.2, -0.15) is 0 Å². The summed E-state index contributed by atoms with van der Waals surface area (Å²) >= 11 is 3.04. The van der Waals surface area contributed by atoms with Crippen LogP contribution in [0.4, 0.5) is 10.1 Å². The lowest BCUT2D eigenvalue weighted by atomic mass is 10.1. The van der Waals surface area contributed by atoms with E-state index < -0.39 is 17.8 Å². The Morgan fingerprint density at radius 3 is 2.65 bits per heavy atom. The molecule has 1 atom stereocenters. The van der Waals surface area contributed by atoms with E-state index in [0.717, 1.165) is 0 Å². The molecule has 0 fully saturated rings. The average molecular weight is 338 g/mol. The van der Waals surface area contributed by atoms with E-state index >= 15 is 0 Å². The predicted octanol–water partition coefficient (Wildman–Crippen LogP) is 3.89. The first-order valence-electron chi connectivity index (χ1n) is 6.03.